The van der Waals surface area contributed by atoms with Crippen molar-refractivity contribution in [2.24, 2.45) is 5.92 Å². The lowest BCUT2D eigenvalue weighted by Gasteiger charge is -2.41. The SMILES string of the molecule is C[C@@H]1[C@H](CSc2ccccc2C(=O)O)O[C@H](c2ccc(CNC(=O)c3ccccc3)cc2)O[C@@H]1c1ccc(CO)cc1. The van der Waals surface area contributed by atoms with Crippen molar-refractivity contribution >= 4 is 23.6 Å². The molecular weight excluding hydrogens is 550 g/mol. The van der Waals surface area contributed by atoms with Gasteiger partial charge in [0.1, 0.15) is 0 Å². The highest BCUT2D eigenvalue weighted by molar-refractivity contribution is 7.99. The maximum absolute atomic E-state index is 12.4. The van der Waals surface area contributed by atoms with Crippen molar-refractivity contribution in [2.45, 2.75) is 43.5 Å². The Kier molecular flexibility index (Phi) is 9.71. The highest BCUT2D eigenvalue weighted by Crippen LogP contribution is 2.43. The van der Waals surface area contributed by atoms with Gasteiger partial charge in [0.25, 0.3) is 5.91 Å². The summed E-state index contributed by atoms with van der Waals surface area (Å²) >= 11 is 1.46. The normalized spacial score (nSPS) is 20.1. The minimum Gasteiger partial charge on any atom is -0.478 e. The minimum atomic E-state index is -0.959. The summed E-state index contributed by atoms with van der Waals surface area (Å²) in [5.74, 6) is -0.579. The number of nitrogens with one attached hydrogen (secondary N) is 1. The number of aromatic carboxylic acids is 1. The van der Waals surface area contributed by atoms with Crippen LogP contribution >= 0.6 is 11.8 Å². The Balaban J connectivity index is 1.33. The third-order valence-corrected chi connectivity index (χ3v) is 8.55. The second kappa shape index (κ2) is 13.8. The van der Waals surface area contributed by atoms with E-state index in [1.165, 1.54) is 11.8 Å². The molecule has 0 saturated carbocycles. The fourth-order valence-electron chi connectivity index (χ4n) is 4.92. The number of aliphatic hydroxyl groups is 1. The van der Waals surface area contributed by atoms with Crippen LogP contribution in [0.4, 0.5) is 0 Å². The number of aliphatic hydroxyl groups excluding tert-OH is 1. The molecule has 216 valence electrons. The second-order valence-corrected chi connectivity index (χ2v) is 11.3. The van der Waals surface area contributed by atoms with E-state index >= 15 is 0 Å². The van der Waals surface area contributed by atoms with Crippen molar-refractivity contribution in [3.63, 3.8) is 0 Å². The molecule has 1 saturated heterocycles. The highest BCUT2D eigenvalue weighted by atomic mass is 32.2. The van der Waals surface area contributed by atoms with E-state index in [0.29, 0.717) is 22.8 Å². The van der Waals surface area contributed by atoms with Gasteiger partial charge in [0.15, 0.2) is 6.29 Å². The van der Waals surface area contributed by atoms with Crippen LogP contribution in [0.25, 0.3) is 0 Å². The number of hydrogen-bond acceptors (Lipinski definition) is 6. The van der Waals surface area contributed by atoms with Crippen LogP contribution in [0.2, 0.25) is 0 Å². The lowest BCUT2D eigenvalue weighted by molar-refractivity contribution is -0.268. The molecule has 1 aliphatic rings. The molecule has 4 atom stereocenters. The first-order valence-electron chi connectivity index (χ1n) is 13.8. The molecule has 8 heteroatoms. The quantitative estimate of drug-likeness (QED) is 0.186. The predicted molar refractivity (Wildman–Crippen MR) is 161 cm³/mol. The zero-order valence-corrected chi connectivity index (χ0v) is 24.0. The molecule has 1 amide bonds. The van der Waals surface area contributed by atoms with E-state index < -0.39 is 12.3 Å². The van der Waals surface area contributed by atoms with Gasteiger partial charge in [-0.1, -0.05) is 85.8 Å². The first-order valence-corrected chi connectivity index (χ1v) is 14.8. The first-order chi connectivity index (χ1) is 20.4. The maximum Gasteiger partial charge on any atom is 0.336 e. The number of carboxylic acid groups (broad SMARTS) is 1. The largest absolute Gasteiger partial charge is 0.478 e. The van der Waals surface area contributed by atoms with Crippen molar-refractivity contribution in [1.82, 2.24) is 5.32 Å². The monoisotopic (exact) mass is 583 g/mol. The molecule has 4 aromatic carbocycles. The zero-order valence-electron chi connectivity index (χ0n) is 23.2. The van der Waals surface area contributed by atoms with Gasteiger partial charge in [-0.15, -0.1) is 11.8 Å². The van der Waals surface area contributed by atoms with Crippen molar-refractivity contribution in [1.29, 1.82) is 0 Å². The summed E-state index contributed by atoms with van der Waals surface area (Å²) in [6.45, 7) is 2.43. The van der Waals surface area contributed by atoms with Gasteiger partial charge in [-0.3, -0.25) is 4.79 Å². The lowest BCUT2D eigenvalue weighted by Crippen LogP contribution is -2.38. The average Bonchev–Trinajstić information content (AvgIpc) is 3.04. The number of rotatable bonds is 10. The Labute approximate surface area is 249 Å². The molecule has 1 fully saturated rings. The average molecular weight is 584 g/mol. The lowest BCUT2D eigenvalue weighted by atomic mass is 9.91. The third-order valence-electron chi connectivity index (χ3n) is 7.38. The molecule has 3 N–H and O–H groups in total. The molecule has 0 aliphatic carbocycles. The van der Waals surface area contributed by atoms with E-state index in [0.717, 1.165) is 22.3 Å². The predicted octanol–water partition coefficient (Wildman–Crippen LogP) is 6.39. The first kappa shape index (κ1) is 29.5. The number of amides is 1. The van der Waals surface area contributed by atoms with E-state index in [4.69, 9.17) is 9.47 Å². The Morgan fingerprint density at radius 2 is 1.45 bits per heavy atom. The van der Waals surface area contributed by atoms with Gasteiger partial charge < -0.3 is 25.0 Å². The van der Waals surface area contributed by atoms with Crippen LogP contribution in [-0.4, -0.2) is 33.9 Å². The molecular formula is C34H33NO6S. The summed E-state index contributed by atoms with van der Waals surface area (Å²) in [6.07, 6.45) is -1.15. The molecule has 5 rings (SSSR count). The van der Waals surface area contributed by atoms with Crippen LogP contribution in [0.1, 0.15) is 62.3 Å². The van der Waals surface area contributed by atoms with Crippen molar-refractivity contribution < 1.29 is 29.3 Å². The summed E-state index contributed by atoms with van der Waals surface area (Å²) in [6, 6.07) is 31.6. The number of hydrogen-bond donors (Lipinski definition) is 3. The molecule has 0 spiro atoms. The summed E-state index contributed by atoms with van der Waals surface area (Å²) in [4.78, 5) is 24.9. The van der Waals surface area contributed by atoms with Crippen LogP contribution in [-0.2, 0) is 22.6 Å². The number of carbonyl (C=O) groups excluding carboxylic acids is 1. The minimum absolute atomic E-state index is 0.0295. The fraction of sp³-hybridized carbons (Fsp3) is 0.235. The molecule has 0 bridgehead atoms. The standard InChI is InChI=1S/C34H33NO6S/c1-22-29(21-42-30-10-6-5-9-28(30)33(38)39)40-34(41-31(22)25-15-13-24(20-36)14-16-25)27-17-11-23(12-18-27)19-35-32(37)26-7-3-2-4-8-26/h2-18,22,29,31,34,36H,19-21H2,1H3,(H,35,37)(H,38,39)/t22-,29+,31+,34+/m1/s1. The van der Waals surface area contributed by atoms with Crippen LogP contribution in [0.15, 0.2) is 108 Å². The van der Waals surface area contributed by atoms with Gasteiger partial charge in [0.05, 0.1) is 24.4 Å². The molecule has 0 aromatic heterocycles. The second-order valence-electron chi connectivity index (χ2n) is 10.2. The van der Waals surface area contributed by atoms with Gasteiger partial charge in [-0.05, 0) is 41.0 Å². The van der Waals surface area contributed by atoms with Gasteiger partial charge in [-0.2, -0.15) is 0 Å². The number of carboxylic acids is 1. The summed E-state index contributed by atoms with van der Waals surface area (Å²) in [5, 5.41) is 22.1. The van der Waals surface area contributed by atoms with Gasteiger partial charge in [0, 0.05) is 34.2 Å². The molecule has 42 heavy (non-hydrogen) atoms. The van der Waals surface area contributed by atoms with Crippen LogP contribution in [0.3, 0.4) is 0 Å². The fourth-order valence-corrected chi connectivity index (χ4v) is 6.13. The molecule has 0 unspecified atom stereocenters. The maximum atomic E-state index is 12.4. The van der Waals surface area contributed by atoms with E-state index in [1.54, 1.807) is 24.3 Å². The van der Waals surface area contributed by atoms with Crippen LogP contribution in [0.5, 0.6) is 0 Å². The van der Waals surface area contributed by atoms with E-state index in [-0.39, 0.29) is 36.2 Å². The number of ether oxygens (including phenoxy) is 2. The number of thioether (sulfide) groups is 1. The zero-order chi connectivity index (χ0) is 29.5. The number of benzene rings is 4. The van der Waals surface area contributed by atoms with Crippen molar-refractivity contribution in [3.8, 4) is 0 Å². The topological polar surface area (TPSA) is 105 Å². The van der Waals surface area contributed by atoms with E-state index in [9.17, 15) is 19.8 Å². The summed E-state index contributed by atoms with van der Waals surface area (Å²) in [7, 11) is 0. The summed E-state index contributed by atoms with van der Waals surface area (Å²) in [5.41, 5.74) is 4.47. The Morgan fingerprint density at radius 3 is 2.14 bits per heavy atom. The van der Waals surface area contributed by atoms with Crippen LogP contribution in [0, 0.1) is 5.92 Å². The molecule has 7 nitrogen and oxygen atoms in total. The summed E-state index contributed by atoms with van der Waals surface area (Å²) < 4.78 is 13.0. The Bertz CT molecular complexity index is 1490. The van der Waals surface area contributed by atoms with Crippen LogP contribution < -0.4 is 5.32 Å². The van der Waals surface area contributed by atoms with Gasteiger partial charge in [0.2, 0.25) is 0 Å². The number of carbonyl (C=O) groups is 2. The third kappa shape index (κ3) is 7.09. The Hall–Kier alpha value is -3.95. The van der Waals surface area contributed by atoms with E-state index in [2.05, 4.69) is 12.2 Å². The molecule has 1 aliphatic heterocycles. The van der Waals surface area contributed by atoms with E-state index in [1.807, 2.05) is 78.9 Å². The van der Waals surface area contributed by atoms with Crippen molar-refractivity contribution in [3.05, 3.63) is 137 Å². The van der Waals surface area contributed by atoms with Gasteiger partial charge >= 0.3 is 5.97 Å². The highest BCUT2D eigenvalue weighted by Gasteiger charge is 2.38. The Morgan fingerprint density at radius 1 is 0.810 bits per heavy atom. The smallest absolute Gasteiger partial charge is 0.336 e. The van der Waals surface area contributed by atoms with Gasteiger partial charge in [-0.25, -0.2) is 4.79 Å². The molecule has 0 radical (unpaired) electrons. The molecule has 4 aromatic rings. The molecule has 1 heterocycles. The van der Waals surface area contributed by atoms with Crippen molar-refractivity contribution in [2.75, 3.05) is 5.75 Å².